The third kappa shape index (κ3) is 1.92. The molecule has 84 valence electrons. The van der Waals surface area contributed by atoms with E-state index >= 15 is 0 Å². The van der Waals surface area contributed by atoms with Gasteiger partial charge in [-0.1, -0.05) is 0 Å². The number of nitrogens with one attached hydrogen (secondary N) is 1. The minimum atomic E-state index is 0.511. The molecule has 2 rings (SSSR count). The summed E-state index contributed by atoms with van der Waals surface area (Å²) in [6.45, 7) is 2.67. The maximum absolute atomic E-state index is 5.74. The van der Waals surface area contributed by atoms with Gasteiger partial charge in [-0.2, -0.15) is 5.10 Å². The van der Waals surface area contributed by atoms with Crippen LogP contribution in [0.1, 0.15) is 0 Å². The Bertz CT molecular complexity index is 334. The van der Waals surface area contributed by atoms with E-state index in [0.717, 1.165) is 31.3 Å². The van der Waals surface area contributed by atoms with E-state index in [-0.39, 0.29) is 0 Å². The van der Waals surface area contributed by atoms with Crippen molar-refractivity contribution in [1.29, 1.82) is 0 Å². The molecule has 0 aliphatic carbocycles. The van der Waals surface area contributed by atoms with Crippen LogP contribution < -0.4 is 15.0 Å². The zero-order chi connectivity index (χ0) is 10.8. The molecule has 0 amide bonds. The van der Waals surface area contributed by atoms with E-state index in [9.17, 15) is 0 Å². The van der Waals surface area contributed by atoms with Gasteiger partial charge in [0, 0.05) is 26.6 Å². The van der Waals surface area contributed by atoms with E-state index in [1.165, 1.54) is 0 Å². The summed E-state index contributed by atoms with van der Waals surface area (Å²) in [5.74, 6) is 1.41. The van der Waals surface area contributed by atoms with Crippen molar-refractivity contribution in [2.45, 2.75) is 6.54 Å². The molecule has 1 unspecified atom stereocenters. The molecule has 15 heavy (non-hydrogen) atoms. The van der Waals surface area contributed by atoms with Crippen LogP contribution in [0, 0.1) is 5.92 Å². The van der Waals surface area contributed by atoms with Crippen LogP contribution in [0.4, 0.5) is 5.69 Å². The second kappa shape index (κ2) is 4.10. The fourth-order valence-electron chi connectivity index (χ4n) is 1.86. The van der Waals surface area contributed by atoms with Crippen molar-refractivity contribution in [3.63, 3.8) is 0 Å². The first kappa shape index (κ1) is 10.3. The number of ether oxygens (including phenoxy) is 1. The fourth-order valence-corrected chi connectivity index (χ4v) is 1.86. The molecule has 1 aromatic rings. The number of anilines is 1. The quantitative estimate of drug-likeness (QED) is 0.772. The molecule has 0 spiro atoms. The highest BCUT2D eigenvalue weighted by molar-refractivity contribution is 5.53. The monoisotopic (exact) mass is 210 g/mol. The predicted molar refractivity (Wildman–Crippen MR) is 59.5 cm³/mol. The predicted octanol–water partition coefficient (Wildman–Crippen LogP) is 0.177. The van der Waals surface area contributed by atoms with E-state index in [1.807, 2.05) is 36.9 Å². The van der Waals surface area contributed by atoms with Gasteiger partial charge in [0.15, 0.2) is 0 Å². The summed E-state index contributed by atoms with van der Waals surface area (Å²) in [7, 11) is 5.96. The number of fused-ring (bicyclic) bond motifs is 1. The lowest BCUT2D eigenvalue weighted by atomic mass is 10.1. The molecule has 1 aromatic heterocycles. The second-order valence-corrected chi connectivity index (χ2v) is 4.15. The number of nitrogens with zero attached hydrogens (tertiary/aromatic N) is 3. The Morgan fingerprint density at radius 1 is 1.67 bits per heavy atom. The van der Waals surface area contributed by atoms with Crippen LogP contribution in [-0.2, 0) is 6.54 Å². The van der Waals surface area contributed by atoms with Crippen LogP contribution in [0.5, 0.6) is 5.88 Å². The number of hydrogen-bond acceptors (Lipinski definition) is 4. The van der Waals surface area contributed by atoms with Gasteiger partial charge in [-0.15, -0.1) is 0 Å². The van der Waals surface area contributed by atoms with Crippen molar-refractivity contribution < 1.29 is 4.74 Å². The van der Waals surface area contributed by atoms with Crippen LogP contribution in [0.3, 0.4) is 0 Å². The summed E-state index contributed by atoms with van der Waals surface area (Å²) < 4.78 is 7.69. The van der Waals surface area contributed by atoms with Gasteiger partial charge < -0.3 is 15.0 Å². The molecular formula is C10H18N4O. The van der Waals surface area contributed by atoms with E-state index in [2.05, 4.69) is 10.4 Å². The van der Waals surface area contributed by atoms with Crippen LogP contribution in [0.15, 0.2) is 6.20 Å². The standard InChI is InChI=1S/C10H18N4O/c1-11-4-8-6-14-10(15-7-8)9(5-12-14)13(2)3/h5,8,11H,4,6-7H2,1-3H3. The lowest BCUT2D eigenvalue weighted by Gasteiger charge is -2.25. The Labute approximate surface area is 90.0 Å². The molecule has 1 atom stereocenters. The largest absolute Gasteiger partial charge is 0.476 e. The highest BCUT2D eigenvalue weighted by Crippen LogP contribution is 2.30. The first-order valence-electron chi connectivity index (χ1n) is 5.23. The number of aromatic nitrogens is 2. The normalized spacial score (nSPS) is 19.5. The Hall–Kier alpha value is -1.23. The molecule has 0 fully saturated rings. The molecule has 2 heterocycles. The highest BCUT2D eigenvalue weighted by atomic mass is 16.5. The minimum Gasteiger partial charge on any atom is -0.476 e. The molecule has 5 heteroatoms. The molecule has 1 aliphatic heterocycles. The lowest BCUT2D eigenvalue weighted by molar-refractivity contribution is 0.164. The third-order valence-corrected chi connectivity index (χ3v) is 2.63. The lowest BCUT2D eigenvalue weighted by Crippen LogP contribution is -2.33. The van der Waals surface area contributed by atoms with Crippen LogP contribution in [0.2, 0.25) is 0 Å². The van der Waals surface area contributed by atoms with E-state index in [1.54, 1.807) is 0 Å². The van der Waals surface area contributed by atoms with Crippen molar-refractivity contribution in [3.05, 3.63) is 6.20 Å². The van der Waals surface area contributed by atoms with Crippen molar-refractivity contribution in [3.8, 4) is 5.88 Å². The zero-order valence-corrected chi connectivity index (χ0v) is 9.53. The van der Waals surface area contributed by atoms with Gasteiger partial charge in [0.2, 0.25) is 5.88 Å². The Morgan fingerprint density at radius 3 is 3.13 bits per heavy atom. The average molecular weight is 210 g/mol. The maximum Gasteiger partial charge on any atom is 0.236 e. The summed E-state index contributed by atoms with van der Waals surface area (Å²) in [5, 5.41) is 7.50. The summed E-state index contributed by atoms with van der Waals surface area (Å²) in [6, 6.07) is 0. The first-order chi connectivity index (χ1) is 7.22. The third-order valence-electron chi connectivity index (χ3n) is 2.63. The zero-order valence-electron chi connectivity index (χ0n) is 9.53. The van der Waals surface area contributed by atoms with Gasteiger partial charge in [0.05, 0.1) is 19.3 Å². The minimum absolute atomic E-state index is 0.511. The topological polar surface area (TPSA) is 42.3 Å². The van der Waals surface area contributed by atoms with Gasteiger partial charge in [-0.25, -0.2) is 4.68 Å². The van der Waals surface area contributed by atoms with Crippen LogP contribution in [-0.4, -0.2) is 44.1 Å². The average Bonchev–Trinajstić information content (AvgIpc) is 2.61. The Balaban J connectivity index is 2.15. The van der Waals surface area contributed by atoms with Gasteiger partial charge in [-0.3, -0.25) is 0 Å². The Morgan fingerprint density at radius 2 is 2.47 bits per heavy atom. The molecular weight excluding hydrogens is 192 g/mol. The van der Waals surface area contributed by atoms with E-state index in [0.29, 0.717) is 5.92 Å². The van der Waals surface area contributed by atoms with Gasteiger partial charge in [-0.05, 0) is 7.05 Å². The van der Waals surface area contributed by atoms with Crippen molar-refractivity contribution in [2.24, 2.45) is 5.92 Å². The first-order valence-corrected chi connectivity index (χ1v) is 5.23. The molecule has 0 saturated carbocycles. The SMILES string of the molecule is CNCC1COc2c(N(C)C)cnn2C1. The van der Waals surface area contributed by atoms with E-state index in [4.69, 9.17) is 4.74 Å². The Kier molecular flexibility index (Phi) is 2.81. The summed E-state index contributed by atoms with van der Waals surface area (Å²) in [4.78, 5) is 2.03. The van der Waals surface area contributed by atoms with Crippen LogP contribution in [0.25, 0.3) is 0 Å². The summed E-state index contributed by atoms with van der Waals surface area (Å²) >= 11 is 0. The number of hydrogen-bond donors (Lipinski definition) is 1. The molecule has 1 aliphatic rings. The van der Waals surface area contributed by atoms with Gasteiger partial charge >= 0.3 is 0 Å². The summed E-state index contributed by atoms with van der Waals surface area (Å²) in [6.07, 6.45) is 1.86. The maximum atomic E-state index is 5.74. The molecule has 5 nitrogen and oxygen atoms in total. The molecule has 1 N–H and O–H groups in total. The fraction of sp³-hybridized carbons (Fsp3) is 0.700. The van der Waals surface area contributed by atoms with Crippen molar-refractivity contribution >= 4 is 5.69 Å². The van der Waals surface area contributed by atoms with Crippen molar-refractivity contribution in [1.82, 2.24) is 15.1 Å². The second-order valence-electron chi connectivity index (χ2n) is 4.15. The van der Waals surface area contributed by atoms with Crippen molar-refractivity contribution in [2.75, 3.05) is 39.2 Å². The number of rotatable bonds is 3. The van der Waals surface area contributed by atoms with Gasteiger partial charge in [0.25, 0.3) is 0 Å². The van der Waals surface area contributed by atoms with E-state index < -0.39 is 0 Å². The molecule has 0 radical (unpaired) electrons. The highest BCUT2D eigenvalue weighted by Gasteiger charge is 2.23. The molecule has 0 bridgehead atoms. The smallest absolute Gasteiger partial charge is 0.236 e. The summed E-state index contributed by atoms with van der Waals surface area (Å²) in [5.41, 5.74) is 1.05. The molecule has 0 aromatic carbocycles. The van der Waals surface area contributed by atoms with Crippen LogP contribution >= 0.6 is 0 Å². The molecule has 0 saturated heterocycles. The van der Waals surface area contributed by atoms with Gasteiger partial charge in [0.1, 0.15) is 5.69 Å².